The van der Waals surface area contributed by atoms with Crippen LogP contribution in [0.25, 0.3) is 6.08 Å². The lowest BCUT2D eigenvalue weighted by molar-refractivity contribution is -0.117. The third-order valence-electron chi connectivity index (χ3n) is 3.99. The lowest BCUT2D eigenvalue weighted by Gasteiger charge is -2.09. The summed E-state index contributed by atoms with van der Waals surface area (Å²) in [6.07, 6.45) is 4.68. The highest BCUT2D eigenvalue weighted by atomic mass is 16.5. The van der Waals surface area contributed by atoms with Gasteiger partial charge in [-0.2, -0.15) is 5.26 Å². The van der Waals surface area contributed by atoms with Crippen LogP contribution < -0.4 is 14.8 Å². The third kappa shape index (κ3) is 5.39. The van der Waals surface area contributed by atoms with Crippen molar-refractivity contribution in [2.75, 3.05) is 14.2 Å². The number of carbonyl (C=O) groups is 1. The number of nitriles is 1. The van der Waals surface area contributed by atoms with Crippen molar-refractivity contribution < 1.29 is 19.4 Å². The van der Waals surface area contributed by atoms with Crippen LogP contribution in [0.3, 0.4) is 0 Å². The molecule has 0 spiro atoms. The predicted molar refractivity (Wildman–Crippen MR) is 107 cm³/mol. The van der Waals surface area contributed by atoms with Crippen molar-refractivity contribution in [1.29, 1.82) is 5.26 Å². The minimum Gasteiger partial charge on any atom is -0.502 e. The van der Waals surface area contributed by atoms with Crippen LogP contribution >= 0.6 is 0 Å². The van der Waals surface area contributed by atoms with Crippen molar-refractivity contribution in [3.05, 3.63) is 70.8 Å². The highest BCUT2D eigenvalue weighted by molar-refractivity contribution is 5.97. The summed E-state index contributed by atoms with van der Waals surface area (Å²) in [4.78, 5) is 12.2. The van der Waals surface area contributed by atoms with E-state index in [-0.39, 0.29) is 22.8 Å². The number of aryl methyl sites for hydroxylation is 1. The van der Waals surface area contributed by atoms with Crippen molar-refractivity contribution >= 4 is 12.0 Å². The summed E-state index contributed by atoms with van der Waals surface area (Å²) in [7, 11) is 2.88. The minimum absolute atomic E-state index is 0.0129. The Kier molecular flexibility index (Phi) is 7.23. The maximum Gasteiger partial charge on any atom is 0.262 e. The number of benzene rings is 2. The molecule has 0 aliphatic rings. The van der Waals surface area contributed by atoms with Crippen LogP contribution in [0.2, 0.25) is 0 Å². The lowest BCUT2D eigenvalue weighted by Crippen LogP contribution is -2.23. The zero-order valence-corrected chi connectivity index (χ0v) is 16.0. The Hall–Kier alpha value is -3.72. The van der Waals surface area contributed by atoms with Gasteiger partial charge < -0.3 is 19.9 Å². The monoisotopic (exact) mass is 378 g/mol. The maximum absolute atomic E-state index is 12.2. The van der Waals surface area contributed by atoms with Crippen LogP contribution in [0.5, 0.6) is 17.2 Å². The van der Waals surface area contributed by atoms with E-state index in [4.69, 9.17) is 9.47 Å². The molecule has 6 nitrogen and oxygen atoms in total. The van der Waals surface area contributed by atoms with E-state index in [9.17, 15) is 15.2 Å². The number of amides is 1. The molecule has 0 unspecified atom stereocenters. The molecular weight excluding hydrogens is 356 g/mol. The van der Waals surface area contributed by atoms with E-state index in [1.807, 2.05) is 37.3 Å². The molecular formula is C22H22N2O4. The Balaban J connectivity index is 2.08. The molecule has 2 aromatic carbocycles. The largest absolute Gasteiger partial charge is 0.502 e. The number of phenolic OH excluding ortho intramolecular Hbond substituents is 1. The van der Waals surface area contributed by atoms with Gasteiger partial charge in [0, 0.05) is 6.54 Å². The zero-order chi connectivity index (χ0) is 20.5. The number of aromatic hydroxyl groups is 1. The van der Waals surface area contributed by atoms with E-state index >= 15 is 0 Å². The molecule has 2 N–H and O–H groups in total. The molecule has 0 saturated carbocycles. The molecule has 2 aromatic rings. The predicted octanol–water partition coefficient (Wildman–Crippen LogP) is 3.50. The average Bonchev–Trinajstić information content (AvgIpc) is 2.71. The number of phenols is 1. The fourth-order valence-electron chi connectivity index (χ4n) is 2.41. The Morgan fingerprint density at radius 3 is 2.32 bits per heavy atom. The fourth-order valence-corrected chi connectivity index (χ4v) is 2.41. The van der Waals surface area contributed by atoms with Gasteiger partial charge in [-0.3, -0.25) is 4.79 Å². The molecule has 144 valence electrons. The third-order valence-corrected chi connectivity index (χ3v) is 3.99. The van der Waals surface area contributed by atoms with Crippen LogP contribution in [-0.4, -0.2) is 25.2 Å². The molecule has 0 aliphatic carbocycles. The number of nitrogens with zero attached hydrogens (tertiary/aromatic N) is 1. The molecule has 6 heteroatoms. The van der Waals surface area contributed by atoms with Gasteiger partial charge in [0.05, 0.1) is 14.2 Å². The van der Waals surface area contributed by atoms with Gasteiger partial charge in [0.15, 0.2) is 11.5 Å². The number of hydrogen-bond donors (Lipinski definition) is 2. The summed E-state index contributed by atoms with van der Waals surface area (Å²) in [5, 5.41) is 21.9. The van der Waals surface area contributed by atoms with Gasteiger partial charge >= 0.3 is 0 Å². The van der Waals surface area contributed by atoms with Gasteiger partial charge in [-0.1, -0.05) is 42.0 Å². The van der Waals surface area contributed by atoms with Gasteiger partial charge in [0.1, 0.15) is 11.6 Å². The Labute approximate surface area is 164 Å². The topological polar surface area (TPSA) is 91.6 Å². The maximum atomic E-state index is 12.2. The normalized spacial score (nSPS) is 11.1. The van der Waals surface area contributed by atoms with E-state index in [2.05, 4.69) is 5.32 Å². The summed E-state index contributed by atoms with van der Waals surface area (Å²) in [5.41, 5.74) is 2.76. The first-order valence-electron chi connectivity index (χ1n) is 8.55. The number of methoxy groups -OCH3 is 2. The van der Waals surface area contributed by atoms with Crippen molar-refractivity contribution in [2.45, 2.75) is 13.5 Å². The highest BCUT2D eigenvalue weighted by Gasteiger charge is 2.10. The van der Waals surface area contributed by atoms with Crippen molar-refractivity contribution in [3.8, 4) is 23.3 Å². The molecule has 0 aromatic heterocycles. The second-order valence-corrected chi connectivity index (χ2v) is 5.99. The second-order valence-electron chi connectivity index (χ2n) is 5.99. The molecule has 0 atom stereocenters. The Bertz CT molecular complexity index is 913. The first kappa shape index (κ1) is 20.6. The van der Waals surface area contributed by atoms with Crippen molar-refractivity contribution in [2.24, 2.45) is 0 Å². The van der Waals surface area contributed by atoms with Crippen LogP contribution in [0, 0.1) is 18.3 Å². The molecule has 0 bridgehead atoms. The summed E-state index contributed by atoms with van der Waals surface area (Å²) in [6.45, 7) is 2.33. The number of hydrogen-bond acceptors (Lipinski definition) is 5. The quantitative estimate of drug-likeness (QED) is 0.437. The summed E-state index contributed by atoms with van der Waals surface area (Å²) < 4.78 is 10.2. The first-order valence-corrected chi connectivity index (χ1v) is 8.55. The molecule has 0 saturated heterocycles. The molecule has 0 aliphatic heterocycles. The standard InChI is InChI=1S/C22H22N2O4/c1-15-7-9-16(10-8-15)14-24-22(26)18(13-23)6-4-5-17-11-19(27-2)21(25)20(12-17)28-3/h4-12,25H,14H2,1-3H3,(H,24,26)/b5-4+,18-6+. The minimum atomic E-state index is -0.450. The van der Waals surface area contributed by atoms with Crippen LogP contribution in [-0.2, 0) is 11.3 Å². The van der Waals surface area contributed by atoms with Gasteiger partial charge in [-0.05, 0) is 36.3 Å². The molecule has 1 amide bonds. The first-order chi connectivity index (χ1) is 13.5. The SMILES string of the molecule is COc1cc(/C=C/C=C(\C#N)C(=O)NCc2ccc(C)cc2)cc(OC)c1O. The Morgan fingerprint density at radius 1 is 1.18 bits per heavy atom. The fraction of sp³-hybridized carbons (Fsp3) is 0.182. The van der Waals surface area contributed by atoms with Gasteiger partial charge in [-0.25, -0.2) is 0 Å². The van der Waals surface area contributed by atoms with Crippen LogP contribution in [0.1, 0.15) is 16.7 Å². The molecule has 2 rings (SSSR count). The molecule has 0 heterocycles. The van der Waals surface area contributed by atoms with Gasteiger partial charge in [0.2, 0.25) is 5.75 Å². The van der Waals surface area contributed by atoms with E-state index in [1.165, 1.54) is 20.3 Å². The highest BCUT2D eigenvalue weighted by Crippen LogP contribution is 2.37. The second kappa shape index (κ2) is 9.83. The lowest BCUT2D eigenvalue weighted by atomic mass is 10.1. The number of nitrogens with one attached hydrogen (secondary N) is 1. The summed E-state index contributed by atoms with van der Waals surface area (Å²) >= 11 is 0. The number of allylic oxidation sites excluding steroid dienone is 2. The van der Waals surface area contributed by atoms with Crippen molar-refractivity contribution in [1.82, 2.24) is 5.32 Å². The Morgan fingerprint density at radius 2 is 1.79 bits per heavy atom. The summed E-state index contributed by atoms with van der Waals surface area (Å²) in [6, 6.07) is 12.9. The number of carbonyl (C=O) groups excluding carboxylic acids is 1. The zero-order valence-electron chi connectivity index (χ0n) is 16.0. The van der Waals surface area contributed by atoms with Gasteiger partial charge in [0.25, 0.3) is 5.91 Å². The molecule has 0 fully saturated rings. The molecule has 28 heavy (non-hydrogen) atoms. The van der Waals surface area contributed by atoms with Crippen LogP contribution in [0.15, 0.2) is 54.1 Å². The van der Waals surface area contributed by atoms with E-state index < -0.39 is 5.91 Å². The van der Waals surface area contributed by atoms with Crippen LogP contribution in [0.4, 0.5) is 0 Å². The van der Waals surface area contributed by atoms with E-state index in [0.717, 1.165) is 11.1 Å². The van der Waals surface area contributed by atoms with E-state index in [0.29, 0.717) is 12.1 Å². The number of ether oxygens (including phenoxy) is 2. The summed E-state index contributed by atoms with van der Waals surface area (Å²) in [5.74, 6) is -0.0156. The van der Waals surface area contributed by atoms with Crippen molar-refractivity contribution in [3.63, 3.8) is 0 Å². The van der Waals surface area contributed by atoms with Gasteiger partial charge in [-0.15, -0.1) is 0 Å². The smallest absolute Gasteiger partial charge is 0.262 e. The number of rotatable bonds is 7. The average molecular weight is 378 g/mol. The molecule has 0 radical (unpaired) electrons. The van der Waals surface area contributed by atoms with E-state index in [1.54, 1.807) is 24.3 Å².